The van der Waals surface area contributed by atoms with Gasteiger partial charge in [-0.05, 0) is 128 Å². The van der Waals surface area contributed by atoms with Crippen molar-refractivity contribution in [2.24, 2.45) is 0 Å². The molecule has 0 saturated heterocycles. The SMILES string of the molecule is c1cnc2c(-c3ccc(-c4cc5c(-c6ccc7c8ccccc8c8ccccc8c7c6)cc(-c6ccc7c8ccccc8c8ccccc8c7c6)nc5c5ccccc45)cc3)cccc2c1. The van der Waals surface area contributed by atoms with Gasteiger partial charge in [-0.15, -0.1) is 0 Å². The van der Waals surface area contributed by atoms with Crippen LogP contribution in [-0.4, -0.2) is 9.97 Å². The van der Waals surface area contributed by atoms with Crippen molar-refractivity contribution in [3.63, 3.8) is 0 Å². The van der Waals surface area contributed by atoms with Crippen molar-refractivity contribution in [3.05, 3.63) is 231 Å². The first-order valence-electron chi connectivity index (χ1n) is 22.7. The van der Waals surface area contributed by atoms with E-state index in [4.69, 9.17) is 9.97 Å². The highest BCUT2D eigenvalue weighted by atomic mass is 14.7. The van der Waals surface area contributed by atoms with Crippen LogP contribution in [0.25, 0.3) is 142 Å². The zero-order chi connectivity index (χ0) is 43.3. The highest BCUT2D eigenvalue weighted by Crippen LogP contribution is 2.44. The van der Waals surface area contributed by atoms with Gasteiger partial charge in [0, 0.05) is 33.5 Å². The Bertz CT molecular complexity index is 4260. The second-order valence-corrected chi connectivity index (χ2v) is 17.6. The molecular weight excluding hydrogens is 797 g/mol. The number of para-hydroxylation sites is 1. The van der Waals surface area contributed by atoms with E-state index in [1.165, 1.54) is 75.6 Å². The maximum Gasteiger partial charge on any atom is 0.0794 e. The third-order valence-electron chi connectivity index (χ3n) is 14.1. The van der Waals surface area contributed by atoms with E-state index in [9.17, 15) is 0 Å². The van der Waals surface area contributed by atoms with E-state index in [1.807, 2.05) is 12.3 Å². The molecule has 0 spiro atoms. The Morgan fingerprint density at radius 3 is 1.23 bits per heavy atom. The molecule has 0 unspecified atom stereocenters. The summed E-state index contributed by atoms with van der Waals surface area (Å²) < 4.78 is 0. The second kappa shape index (κ2) is 14.4. The molecule has 14 aromatic rings. The Morgan fingerprint density at radius 2 is 0.652 bits per heavy atom. The number of rotatable bonds is 4. The fourth-order valence-electron chi connectivity index (χ4n) is 11.0. The minimum Gasteiger partial charge on any atom is -0.256 e. The van der Waals surface area contributed by atoms with Gasteiger partial charge in [0.1, 0.15) is 0 Å². The van der Waals surface area contributed by atoms with Crippen LogP contribution >= 0.6 is 0 Å². The topological polar surface area (TPSA) is 25.8 Å². The highest BCUT2D eigenvalue weighted by Gasteiger charge is 2.19. The monoisotopic (exact) mass is 834 g/mol. The molecule has 0 N–H and O–H groups in total. The lowest BCUT2D eigenvalue weighted by Crippen LogP contribution is -1.94. The van der Waals surface area contributed by atoms with E-state index in [-0.39, 0.29) is 0 Å². The number of nitrogens with zero attached hydrogens (tertiary/aromatic N) is 2. The maximum atomic E-state index is 5.67. The van der Waals surface area contributed by atoms with Crippen LogP contribution in [0.3, 0.4) is 0 Å². The Kier molecular flexibility index (Phi) is 8.02. The number of aromatic nitrogens is 2. The van der Waals surface area contributed by atoms with Gasteiger partial charge in [-0.3, -0.25) is 4.98 Å². The van der Waals surface area contributed by atoms with Crippen LogP contribution in [0.5, 0.6) is 0 Å². The lowest BCUT2D eigenvalue weighted by atomic mass is 9.88. The number of hydrogen-bond donors (Lipinski definition) is 0. The van der Waals surface area contributed by atoms with Gasteiger partial charge in [0.05, 0.1) is 16.7 Å². The van der Waals surface area contributed by atoms with E-state index in [1.54, 1.807) is 0 Å². The normalized spacial score (nSPS) is 11.9. The Morgan fingerprint density at radius 1 is 0.227 bits per heavy atom. The summed E-state index contributed by atoms with van der Waals surface area (Å²) in [4.78, 5) is 10.4. The molecule has 0 fully saturated rings. The van der Waals surface area contributed by atoms with Gasteiger partial charge < -0.3 is 0 Å². The largest absolute Gasteiger partial charge is 0.256 e. The minimum absolute atomic E-state index is 0.950. The van der Waals surface area contributed by atoms with Crippen LogP contribution in [0, 0.1) is 0 Å². The molecular formula is C64H38N2. The molecule has 0 aliphatic rings. The predicted molar refractivity (Wildman–Crippen MR) is 281 cm³/mol. The molecule has 0 aliphatic heterocycles. The van der Waals surface area contributed by atoms with E-state index < -0.39 is 0 Å². The van der Waals surface area contributed by atoms with Crippen molar-refractivity contribution in [2.75, 3.05) is 0 Å². The summed E-state index contributed by atoms with van der Waals surface area (Å²) in [6.45, 7) is 0. The zero-order valence-electron chi connectivity index (χ0n) is 35.8. The first-order chi connectivity index (χ1) is 32.7. The predicted octanol–water partition coefficient (Wildman–Crippen LogP) is 17.5. The molecule has 2 aromatic heterocycles. The van der Waals surface area contributed by atoms with Gasteiger partial charge in [0.25, 0.3) is 0 Å². The summed E-state index contributed by atoms with van der Waals surface area (Å²) in [5.74, 6) is 0. The van der Waals surface area contributed by atoms with Crippen LogP contribution in [-0.2, 0) is 0 Å². The number of hydrogen-bond acceptors (Lipinski definition) is 2. The smallest absolute Gasteiger partial charge is 0.0794 e. The highest BCUT2D eigenvalue weighted by molar-refractivity contribution is 6.27. The van der Waals surface area contributed by atoms with Crippen LogP contribution < -0.4 is 0 Å². The van der Waals surface area contributed by atoms with E-state index in [0.29, 0.717) is 0 Å². The van der Waals surface area contributed by atoms with Gasteiger partial charge in [-0.25, -0.2) is 4.98 Å². The molecule has 0 saturated carbocycles. The quantitative estimate of drug-likeness (QED) is 0.165. The molecule has 14 rings (SSSR count). The maximum absolute atomic E-state index is 5.67. The van der Waals surface area contributed by atoms with Crippen molar-refractivity contribution >= 4 is 97.2 Å². The van der Waals surface area contributed by atoms with Gasteiger partial charge in [0.2, 0.25) is 0 Å². The van der Waals surface area contributed by atoms with E-state index in [0.717, 1.165) is 66.3 Å². The lowest BCUT2D eigenvalue weighted by Gasteiger charge is -2.17. The average molecular weight is 835 g/mol. The van der Waals surface area contributed by atoms with Gasteiger partial charge >= 0.3 is 0 Å². The summed E-state index contributed by atoms with van der Waals surface area (Å²) in [5, 5.41) is 19.7. The zero-order valence-corrected chi connectivity index (χ0v) is 35.8. The molecule has 304 valence electrons. The second-order valence-electron chi connectivity index (χ2n) is 17.6. The number of fused-ring (bicyclic) bond motifs is 16. The van der Waals surface area contributed by atoms with Crippen molar-refractivity contribution in [1.29, 1.82) is 0 Å². The fourth-order valence-corrected chi connectivity index (χ4v) is 11.0. The number of benzene rings is 12. The van der Waals surface area contributed by atoms with Crippen molar-refractivity contribution < 1.29 is 0 Å². The van der Waals surface area contributed by atoms with Crippen LogP contribution in [0.4, 0.5) is 0 Å². The summed E-state index contributed by atoms with van der Waals surface area (Å²) in [6, 6.07) is 82.4. The molecule has 0 bridgehead atoms. The molecule has 2 nitrogen and oxygen atoms in total. The summed E-state index contributed by atoms with van der Waals surface area (Å²) >= 11 is 0. The average Bonchev–Trinajstić information content (AvgIpc) is 3.40. The minimum atomic E-state index is 0.950. The molecule has 2 heteroatoms. The molecule has 0 atom stereocenters. The third-order valence-corrected chi connectivity index (χ3v) is 14.1. The standard InChI is InChI=1S/C64H38N2/c1-3-19-49-45(15-1)47-17-5-7-21-51(47)59-35-42(30-32-54(49)59)58-38-62(43-31-33-55-50-20-4-2-16-46(50)48-18-6-8-22-52(48)60(55)36-43)66-64-56-24-10-9-23-53(56)57(37-61(58)64)40-28-26-39(27-29-40)44-25-11-13-41-14-12-34-65-63(41)44/h1-38H. The Labute approximate surface area is 380 Å². The third kappa shape index (κ3) is 5.55. The summed E-state index contributed by atoms with van der Waals surface area (Å²) in [7, 11) is 0. The molecule has 0 aliphatic carbocycles. The van der Waals surface area contributed by atoms with Crippen molar-refractivity contribution in [1.82, 2.24) is 9.97 Å². The lowest BCUT2D eigenvalue weighted by molar-refractivity contribution is 1.41. The molecule has 66 heavy (non-hydrogen) atoms. The van der Waals surface area contributed by atoms with Gasteiger partial charge in [0.15, 0.2) is 0 Å². The van der Waals surface area contributed by atoms with E-state index >= 15 is 0 Å². The molecule has 12 aromatic carbocycles. The Balaban J connectivity index is 1.04. The molecule has 0 amide bonds. The van der Waals surface area contributed by atoms with Gasteiger partial charge in [-0.1, -0.05) is 194 Å². The van der Waals surface area contributed by atoms with Crippen LogP contribution in [0.1, 0.15) is 0 Å². The van der Waals surface area contributed by atoms with Crippen molar-refractivity contribution in [2.45, 2.75) is 0 Å². The van der Waals surface area contributed by atoms with Crippen LogP contribution in [0.15, 0.2) is 231 Å². The van der Waals surface area contributed by atoms with Crippen molar-refractivity contribution in [3.8, 4) is 44.6 Å². The fraction of sp³-hybridized carbons (Fsp3) is 0. The first kappa shape index (κ1) is 36.7. The number of pyridine rings is 2. The summed E-state index contributed by atoms with van der Waals surface area (Å²) in [6.07, 6.45) is 1.88. The van der Waals surface area contributed by atoms with Gasteiger partial charge in [-0.2, -0.15) is 0 Å². The Hall–Kier alpha value is -8.72. The molecule has 2 heterocycles. The molecule has 0 radical (unpaired) electrons. The van der Waals surface area contributed by atoms with E-state index in [2.05, 4.69) is 218 Å². The van der Waals surface area contributed by atoms with Crippen LogP contribution in [0.2, 0.25) is 0 Å². The first-order valence-corrected chi connectivity index (χ1v) is 22.7. The summed E-state index contributed by atoms with van der Waals surface area (Å²) in [5.41, 5.74) is 11.0.